The molecule has 0 N–H and O–H groups in total. The minimum absolute atomic E-state index is 0.509. The van der Waals surface area contributed by atoms with Gasteiger partial charge in [-0.15, -0.1) is 0 Å². The van der Waals surface area contributed by atoms with E-state index in [9.17, 15) is 0 Å². The summed E-state index contributed by atoms with van der Waals surface area (Å²) in [4.78, 5) is 8.79. The van der Waals surface area contributed by atoms with Gasteiger partial charge in [-0.05, 0) is 37.3 Å². The molecular formula is C15H11ClN2. The molecule has 0 bridgehead atoms. The van der Waals surface area contributed by atoms with Gasteiger partial charge in [0.1, 0.15) is 5.15 Å². The summed E-state index contributed by atoms with van der Waals surface area (Å²) in [5, 5.41) is 1.62. The highest BCUT2D eigenvalue weighted by molar-refractivity contribution is 6.29. The van der Waals surface area contributed by atoms with Crippen molar-refractivity contribution in [2.24, 2.45) is 0 Å². The summed E-state index contributed by atoms with van der Waals surface area (Å²) in [6, 6.07) is 15.8. The van der Waals surface area contributed by atoms with Gasteiger partial charge in [0.05, 0.1) is 11.2 Å². The van der Waals surface area contributed by atoms with E-state index in [0.717, 1.165) is 27.9 Å². The van der Waals surface area contributed by atoms with E-state index in [1.165, 1.54) is 0 Å². The zero-order valence-corrected chi connectivity index (χ0v) is 10.6. The lowest BCUT2D eigenvalue weighted by Gasteiger charge is -2.04. The second-order valence-corrected chi connectivity index (χ2v) is 4.59. The van der Waals surface area contributed by atoms with Crippen molar-refractivity contribution < 1.29 is 0 Å². The van der Waals surface area contributed by atoms with Crippen LogP contribution in [0.2, 0.25) is 5.15 Å². The number of benzene rings is 1. The lowest BCUT2D eigenvalue weighted by Crippen LogP contribution is -1.86. The first-order chi connectivity index (χ1) is 8.72. The molecule has 2 aromatic heterocycles. The van der Waals surface area contributed by atoms with Gasteiger partial charge in [0.2, 0.25) is 0 Å². The molecule has 3 heteroatoms. The normalized spacial score (nSPS) is 10.8. The third kappa shape index (κ3) is 2.07. The molecule has 0 saturated heterocycles. The molecule has 1 aromatic carbocycles. The Hall–Kier alpha value is -1.93. The summed E-state index contributed by atoms with van der Waals surface area (Å²) in [5.41, 5.74) is 3.96. The van der Waals surface area contributed by atoms with Gasteiger partial charge >= 0.3 is 0 Å². The lowest BCUT2D eigenvalue weighted by molar-refractivity contribution is 1.25. The summed E-state index contributed by atoms with van der Waals surface area (Å²) in [6.07, 6.45) is 0. The highest BCUT2D eigenvalue weighted by Gasteiger charge is 2.02. The molecule has 18 heavy (non-hydrogen) atoms. The van der Waals surface area contributed by atoms with Crippen molar-refractivity contribution in [2.45, 2.75) is 6.92 Å². The zero-order valence-electron chi connectivity index (χ0n) is 9.89. The molecule has 0 saturated carbocycles. The van der Waals surface area contributed by atoms with E-state index < -0.39 is 0 Å². The van der Waals surface area contributed by atoms with Crippen molar-refractivity contribution in [3.05, 3.63) is 59.4 Å². The second-order valence-electron chi connectivity index (χ2n) is 4.21. The number of aromatic nitrogens is 2. The largest absolute Gasteiger partial charge is 0.253 e. The van der Waals surface area contributed by atoms with Crippen LogP contribution in [0, 0.1) is 6.92 Å². The first kappa shape index (κ1) is 11.2. The van der Waals surface area contributed by atoms with Crippen molar-refractivity contribution in [2.75, 3.05) is 0 Å². The number of rotatable bonds is 1. The van der Waals surface area contributed by atoms with Crippen LogP contribution < -0.4 is 0 Å². The molecule has 0 radical (unpaired) electrons. The maximum Gasteiger partial charge on any atom is 0.129 e. The molecule has 88 valence electrons. The SMILES string of the molecule is Cc1ccc2cc(-c3cccc(Cl)n3)ccc2n1. The van der Waals surface area contributed by atoms with Crippen LogP contribution in [0.3, 0.4) is 0 Å². The molecule has 3 rings (SSSR count). The minimum atomic E-state index is 0.509. The quantitative estimate of drug-likeness (QED) is 0.607. The van der Waals surface area contributed by atoms with Gasteiger partial charge in [0.25, 0.3) is 0 Å². The summed E-state index contributed by atoms with van der Waals surface area (Å²) >= 11 is 5.91. The highest BCUT2D eigenvalue weighted by Crippen LogP contribution is 2.23. The van der Waals surface area contributed by atoms with Crippen LogP contribution >= 0.6 is 11.6 Å². The fourth-order valence-electron chi connectivity index (χ4n) is 1.96. The van der Waals surface area contributed by atoms with E-state index in [0.29, 0.717) is 5.15 Å². The van der Waals surface area contributed by atoms with Crippen LogP contribution in [0.5, 0.6) is 0 Å². The van der Waals surface area contributed by atoms with Crippen molar-refractivity contribution in [3.63, 3.8) is 0 Å². The maximum atomic E-state index is 5.91. The molecule has 0 fully saturated rings. The van der Waals surface area contributed by atoms with E-state index in [2.05, 4.69) is 22.1 Å². The number of hydrogen-bond donors (Lipinski definition) is 0. The molecule has 0 spiro atoms. The maximum absolute atomic E-state index is 5.91. The average Bonchev–Trinajstić information content (AvgIpc) is 2.38. The fourth-order valence-corrected chi connectivity index (χ4v) is 2.12. The van der Waals surface area contributed by atoms with Crippen molar-refractivity contribution in [1.29, 1.82) is 0 Å². The summed E-state index contributed by atoms with van der Waals surface area (Å²) in [6.45, 7) is 1.99. The Kier molecular flexibility index (Phi) is 2.73. The van der Waals surface area contributed by atoms with E-state index in [-0.39, 0.29) is 0 Å². The predicted octanol–water partition coefficient (Wildman–Crippen LogP) is 4.26. The molecule has 0 unspecified atom stereocenters. The Morgan fingerprint density at radius 2 is 1.83 bits per heavy atom. The Bertz CT molecular complexity index is 723. The van der Waals surface area contributed by atoms with Crippen LogP contribution in [-0.4, -0.2) is 9.97 Å². The number of hydrogen-bond acceptors (Lipinski definition) is 2. The molecule has 3 aromatic rings. The second kappa shape index (κ2) is 4.39. The first-order valence-corrected chi connectivity index (χ1v) is 6.10. The molecule has 0 aliphatic carbocycles. The topological polar surface area (TPSA) is 25.8 Å². The van der Waals surface area contributed by atoms with E-state index in [1.54, 1.807) is 6.07 Å². The van der Waals surface area contributed by atoms with Crippen LogP contribution in [0.4, 0.5) is 0 Å². The van der Waals surface area contributed by atoms with Crippen LogP contribution in [0.1, 0.15) is 5.69 Å². The molecule has 2 nitrogen and oxygen atoms in total. The number of fused-ring (bicyclic) bond motifs is 1. The first-order valence-electron chi connectivity index (χ1n) is 5.73. The van der Waals surface area contributed by atoms with Gasteiger partial charge in [0, 0.05) is 16.6 Å². The van der Waals surface area contributed by atoms with E-state index in [4.69, 9.17) is 11.6 Å². The van der Waals surface area contributed by atoms with Crippen molar-refractivity contribution >= 4 is 22.5 Å². The van der Waals surface area contributed by atoms with Gasteiger partial charge < -0.3 is 0 Å². The molecule has 0 aliphatic rings. The Morgan fingerprint density at radius 1 is 0.944 bits per heavy atom. The van der Waals surface area contributed by atoms with Crippen molar-refractivity contribution in [3.8, 4) is 11.3 Å². The third-order valence-electron chi connectivity index (χ3n) is 2.84. The van der Waals surface area contributed by atoms with Crippen LogP contribution in [-0.2, 0) is 0 Å². The monoisotopic (exact) mass is 254 g/mol. The fraction of sp³-hybridized carbons (Fsp3) is 0.0667. The van der Waals surface area contributed by atoms with Gasteiger partial charge in [-0.1, -0.05) is 29.8 Å². The van der Waals surface area contributed by atoms with E-state index >= 15 is 0 Å². The third-order valence-corrected chi connectivity index (χ3v) is 3.05. The number of nitrogens with zero attached hydrogens (tertiary/aromatic N) is 2. The van der Waals surface area contributed by atoms with Crippen molar-refractivity contribution in [1.82, 2.24) is 9.97 Å². The summed E-state index contributed by atoms with van der Waals surface area (Å²) in [7, 11) is 0. The number of aryl methyl sites for hydroxylation is 1. The summed E-state index contributed by atoms with van der Waals surface area (Å²) in [5.74, 6) is 0. The molecular weight excluding hydrogens is 244 g/mol. The van der Waals surface area contributed by atoms with Gasteiger partial charge in [-0.2, -0.15) is 0 Å². The minimum Gasteiger partial charge on any atom is -0.253 e. The Morgan fingerprint density at radius 3 is 2.67 bits per heavy atom. The lowest BCUT2D eigenvalue weighted by atomic mass is 10.1. The molecule has 0 amide bonds. The Balaban J connectivity index is 2.16. The Labute approximate surface area is 110 Å². The van der Waals surface area contributed by atoms with E-state index in [1.807, 2.05) is 37.3 Å². The smallest absolute Gasteiger partial charge is 0.129 e. The van der Waals surface area contributed by atoms with Crippen LogP contribution in [0.15, 0.2) is 48.5 Å². The molecule has 0 atom stereocenters. The predicted molar refractivity (Wildman–Crippen MR) is 74.7 cm³/mol. The molecule has 0 aliphatic heterocycles. The van der Waals surface area contributed by atoms with Gasteiger partial charge in [-0.3, -0.25) is 4.98 Å². The van der Waals surface area contributed by atoms with Gasteiger partial charge in [-0.25, -0.2) is 4.98 Å². The summed E-state index contributed by atoms with van der Waals surface area (Å²) < 4.78 is 0. The highest BCUT2D eigenvalue weighted by atomic mass is 35.5. The number of halogens is 1. The zero-order chi connectivity index (χ0) is 12.5. The standard InChI is InChI=1S/C15H11ClN2/c1-10-5-6-11-9-12(7-8-14(11)17-10)13-3-2-4-15(16)18-13/h2-9H,1H3. The van der Waals surface area contributed by atoms with Crippen LogP contribution in [0.25, 0.3) is 22.2 Å². The molecule has 2 heterocycles. The number of pyridine rings is 2. The van der Waals surface area contributed by atoms with Gasteiger partial charge in [0.15, 0.2) is 0 Å². The average molecular weight is 255 g/mol.